The van der Waals surface area contributed by atoms with Gasteiger partial charge in [0, 0.05) is 23.7 Å². The highest BCUT2D eigenvalue weighted by Crippen LogP contribution is 2.23. The van der Waals surface area contributed by atoms with E-state index in [9.17, 15) is 19.1 Å². The van der Waals surface area contributed by atoms with Gasteiger partial charge in [0.2, 0.25) is 0 Å². The average Bonchev–Trinajstić information content (AvgIpc) is 2.88. The van der Waals surface area contributed by atoms with E-state index in [2.05, 4.69) is 4.90 Å². The summed E-state index contributed by atoms with van der Waals surface area (Å²) in [6, 6.07) is 4.27. The summed E-state index contributed by atoms with van der Waals surface area (Å²) in [5.74, 6) is -1.82. The SMILES string of the molecule is Cc1c(C(=O)O)c2cccc(F)c2c(=O)n1C[C@H]1CCCN1C. The summed E-state index contributed by atoms with van der Waals surface area (Å²) in [5, 5.41) is 9.56. The van der Waals surface area contributed by atoms with Gasteiger partial charge >= 0.3 is 5.97 Å². The van der Waals surface area contributed by atoms with E-state index in [0.717, 1.165) is 19.4 Å². The molecule has 2 heterocycles. The highest BCUT2D eigenvalue weighted by Gasteiger charge is 2.25. The first-order chi connectivity index (χ1) is 10.9. The highest BCUT2D eigenvalue weighted by atomic mass is 19.1. The van der Waals surface area contributed by atoms with Crippen molar-refractivity contribution in [3.8, 4) is 0 Å². The van der Waals surface area contributed by atoms with E-state index in [-0.39, 0.29) is 22.4 Å². The number of carboxylic acids is 1. The van der Waals surface area contributed by atoms with E-state index in [1.165, 1.54) is 22.8 Å². The van der Waals surface area contributed by atoms with Crippen molar-refractivity contribution in [2.24, 2.45) is 0 Å². The fourth-order valence-electron chi connectivity index (χ4n) is 3.48. The lowest BCUT2D eigenvalue weighted by molar-refractivity contribution is 0.0697. The molecule has 0 saturated carbocycles. The van der Waals surface area contributed by atoms with Gasteiger partial charge in [-0.2, -0.15) is 0 Å². The number of carboxylic acid groups (broad SMARTS) is 1. The lowest BCUT2D eigenvalue weighted by Gasteiger charge is -2.23. The number of rotatable bonds is 3. The predicted molar refractivity (Wildman–Crippen MR) is 85.5 cm³/mol. The minimum atomic E-state index is -1.15. The Bertz CT molecular complexity index is 844. The van der Waals surface area contributed by atoms with E-state index in [4.69, 9.17) is 0 Å². The number of nitrogens with zero attached hydrogens (tertiary/aromatic N) is 2. The number of hydrogen-bond acceptors (Lipinski definition) is 3. The molecule has 1 fully saturated rings. The van der Waals surface area contributed by atoms with Gasteiger partial charge in [0.25, 0.3) is 5.56 Å². The van der Waals surface area contributed by atoms with Gasteiger partial charge in [-0.25, -0.2) is 9.18 Å². The Labute approximate surface area is 132 Å². The van der Waals surface area contributed by atoms with Crippen molar-refractivity contribution in [3.05, 3.63) is 45.6 Å². The first-order valence-corrected chi connectivity index (χ1v) is 7.67. The van der Waals surface area contributed by atoms with Crippen LogP contribution in [-0.4, -0.2) is 40.2 Å². The van der Waals surface area contributed by atoms with E-state index in [1.807, 2.05) is 7.05 Å². The number of benzene rings is 1. The summed E-state index contributed by atoms with van der Waals surface area (Å²) < 4.78 is 15.6. The summed E-state index contributed by atoms with van der Waals surface area (Å²) in [4.78, 5) is 26.6. The molecule has 2 aromatic rings. The molecule has 0 amide bonds. The number of aromatic carboxylic acids is 1. The Kier molecular flexibility index (Phi) is 3.93. The fourth-order valence-corrected chi connectivity index (χ4v) is 3.48. The monoisotopic (exact) mass is 318 g/mol. The zero-order valence-corrected chi connectivity index (χ0v) is 13.2. The van der Waals surface area contributed by atoms with E-state index in [1.54, 1.807) is 6.92 Å². The Morgan fingerprint density at radius 2 is 2.17 bits per heavy atom. The van der Waals surface area contributed by atoms with Gasteiger partial charge in [-0.05, 0) is 39.4 Å². The average molecular weight is 318 g/mol. The van der Waals surface area contributed by atoms with E-state index < -0.39 is 17.3 Å². The summed E-state index contributed by atoms with van der Waals surface area (Å²) in [5.41, 5.74) is -0.0819. The maximum atomic E-state index is 14.2. The first-order valence-electron chi connectivity index (χ1n) is 7.67. The van der Waals surface area contributed by atoms with Crippen LogP contribution in [0.1, 0.15) is 28.9 Å². The lowest BCUT2D eigenvalue weighted by atomic mass is 10.0. The van der Waals surface area contributed by atoms with Crippen molar-refractivity contribution in [2.45, 2.75) is 32.4 Å². The standard InChI is InChI=1S/C17H19FN2O3/c1-10-14(17(22)23)12-6-3-7-13(18)15(12)16(21)20(10)9-11-5-4-8-19(11)2/h3,6-7,11H,4-5,8-9H2,1-2H3,(H,22,23)/t11-/m1/s1. The number of hydrogen-bond donors (Lipinski definition) is 1. The smallest absolute Gasteiger partial charge is 0.338 e. The Hall–Kier alpha value is -2.21. The number of carbonyl (C=O) groups is 1. The quantitative estimate of drug-likeness (QED) is 0.943. The van der Waals surface area contributed by atoms with Crippen molar-refractivity contribution < 1.29 is 14.3 Å². The molecule has 6 heteroatoms. The third kappa shape index (κ3) is 2.53. The highest BCUT2D eigenvalue weighted by molar-refractivity contribution is 6.04. The molecule has 23 heavy (non-hydrogen) atoms. The van der Waals surface area contributed by atoms with Crippen LogP contribution in [0.15, 0.2) is 23.0 Å². The molecule has 122 valence electrons. The number of fused-ring (bicyclic) bond motifs is 1. The Morgan fingerprint density at radius 3 is 2.78 bits per heavy atom. The van der Waals surface area contributed by atoms with Crippen LogP contribution in [0.3, 0.4) is 0 Å². The Morgan fingerprint density at radius 1 is 1.43 bits per heavy atom. The van der Waals surface area contributed by atoms with Crippen LogP contribution in [-0.2, 0) is 6.54 Å². The number of likely N-dealkylation sites (tertiary alicyclic amines) is 1. The van der Waals surface area contributed by atoms with Crippen LogP contribution < -0.4 is 5.56 Å². The molecule has 0 bridgehead atoms. The van der Waals surface area contributed by atoms with Gasteiger partial charge in [-0.1, -0.05) is 12.1 Å². The number of halogens is 1. The summed E-state index contributed by atoms with van der Waals surface area (Å²) in [7, 11) is 1.98. The fraction of sp³-hybridized carbons (Fsp3) is 0.412. The number of aromatic nitrogens is 1. The molecule has 1 aliphatic rings. The van der Waals surface area contributed by atoms with Gasteiger partial charge < -0.3 is 14.6 Å². The molecule has 0 unspecified atom stereocenters. The second kappa shape index (κ2) is 5.77. The molecular weight excluding hydrogens is 299 g/mol. The van der Waals surface area contributed by atoms with Gasteiger partial charge in [0.1, 0.15) is 5.82 Å². The van der Waals surface area contributed by atoms with Crippen LogP contribution in [0.4, 0.5) is 4.39 Å². The predicted octanol–water partition coefficient (Wildman–Crippen LogP) is 2.24. The molecule has 1 aromatic carbocycles. The second-order valence-corrected chi connectivity index (χ2v) is 6.12. The first kappa shape index (κ1) is 15.7. The molecule has 1 atom stereocenters. The van der Waals surface area contributed by atoms with Crippen molar-refractivity contribution in [3.63, 3.8) is 0 Å². The summed E-state index contributed by atoms with van der Waals surface area (Å²) >= 11 is 0. The molecule has 0 aliphatic carbocycles. The van der Waals surface area contributed by atoms with Gasteiger partial charge in [0.15, 0.2) is 0 Å². The van der Waals surface area contributed by atoms with Gasteiger partial charge in [-0.3, -0.25) is 4.79 Å². The zero-order valence-electron chi connectivity index (χ0n) is 13.2. The molecular formula is C17H19FN2O3. The van der Waals surface area contributed by atoms with Crippen molar-refractivity contribution in [2.75, 3.05) is 13.6 Å². The van der Waals surface area contributed by atoms with Crippen LogP contribution in [0.5, 0.6) is 0 Å². The van der Waals surface area contributed by atoms with Crippen LogP contribution in [0, 0.1) is 12.7 Å². The number of likely N-dealkylation sites (N-methyl/N-ethyl adjacent to an activating group) is 1. The van der Waals surface area contributed by atoms with Crippen LogP contribution >= 0.6 is 0 Å². The van der Waals surface area contributed by atoms with Crippen molar-refractivity contribution in [1.82, 2.24) is 9.47 Å². The molecule has 1 aliphatic heterocycles. The molecule has 3 rings (SSSR count). The molecule has 1 aromatic heterocycles. The third-order valence-corrected chi connectivity index (χ3v) is 4.79. The Balaban J connectivity index is 2.27. The second-order valence-electron chi connectivity index (χ2n) is 6.12. The largest absolute Gasteiger partial charge is 0.478 e. The molecule has 0 radical (unpaired) electrons. The van der Waals surface area contributed by atoms with Gasteiger partial charge in [-0.15, -0.1) is 0 Å². The third-order valence-electron chi connectivity index (χ3n) is 4.79. The topological polar surface area (TPSA) is 62.5 Å². The molecule has 0 spiro atoms. The molecule has 5 nitrogen and oxygen atoms in total. The number of pyridine rings is 1. The summed E-state index contributed by atoms with van der Waals surface area (Å²) in [6.07, 6.45) is 1.99. The lowest BCUT2D eigenvalue weighted by Crippen LogP contribution is -2.35. The van der Waals surface area contributed by atoms with Gasteiger partial charge in [0.05, 0.1) is 10.9 Å². The minimum absolute atomic E-state index is 0.000231. The zero-order chi connectivity index (χ0) is 16.7. The van der Waals surface area contributed by atoms with Crippen molar-refractivity contribution in [1.29, 1.82) is 0 Å². The maximum Gasteiger partial charge on any atom is 0.338 e. The molecule has 1 N–H and O–H groups in total. The summed E-state index contributed by atoms with van der Waals surface area (Å²) in [6.45, 7) is 2.95. The minimum Gasteiger partial charge on any atom is -0.478 e. The van der Waals surface area contributed by atoms with Crippen LogP contribution in [0.2, 0.25) is 0 Å². The normalized spacial score (nSPS) is 18.7. The van der Waals surface area contributed by atoms with Crippen LogP contribution in [0.25, 0.3) is 10.8 Å². The van der Waals surface area contributed by atoms with Crippen molar-refractivity contribution >= 4 is 16.7 Å². The molecule has 1 saturated heterocycles. The maximum absolute atomic E-state index is 14.2. The van der Waals surface area contributed by atoms with E-state index >= 15 is 0 Å². The van der Waals surface area contributed by atoms with E-state index in [0.29, 0.717) is 12.2 Å².